The molecule has 0 amide bonds. The van der Waals surface area contributed by atoms with Crippen LogP contribution in [-0.2, 0) is 20.9 Å². The van der Waals surface area contributed by atoms with E-state index in [9.17, 15) is 12.6 Å². The summed E-state index contributed by atoms with van der Waals surface area (Å²) in [4.78, 5) is 0. The van der Waals surface area contributed by atoms with Crippen LogP contribution in [0.15, 0.2) is 0 Å². The molecule has 0 unspecified atom stereocenters. The van der Waals surface area contributed by atoms with Crippen LogP contribution in [0.25, 0.3) is 0 Å². The minimum Gasteiger partial charge on any atom is -0.286 e. The van der Waals surface area contributed by atoms with E-state index < -0.39 is 20.9 Å². The topological polar surface area (TPSA) is 71.4 Å². The molecule has 0 atom stereocenters. The summed E-state index contributed by atoms with van der Waals surface area (Å²) in [6.45, 7) is 1.37. The summed E-state index contributed by atoms with van der Waals surface area (Å²) < 4.78 is 36.5. The molecule has 0 aliphatic heterocycles. The summed E-state index contributed by atoms with van der Waals surface area (Å²) in [7, 11) is -4.27. The highest BCUT2D eigenvalue weighted by Gasteiger charge is 1.93. The van der Waals surface area contributed by atoms with E-state index in [-0.39, 0.29) is 5.75 Å². The molecule has 0 aromatic rings. The molecule has 0 rings (SSSR count). The molecular formula is C4H12O4S2. The van der Waals surface area contributed by atoms with Gasteiger partial charge >= 0.3 is 0 Å². The average Bonchev–Trinajstić information content (AvgIpc) is 1.63. The van der Waals surface area contributed by atoms with Crippen molar-refractivity contribution in [1.82, 2.24) is 0 Å². The molecule has 0 saturated heterocycles. The third kappa shape index (κ3) is 42.9. The summed E-state index contributed by atoms with van der Waals surface area (Å²) in [5, 5.41) is 0. The zero-order chi connectivity index (χ0) is 8.78. The van der Waals surface area contributed by atoms with Gasteiger partial charge in [0.15, 0.2) is 0 Å². The van der Waals surface area contributed by atoms with Crippen molar-refractivity contribution in [2.75, 3.05) is 18.3 Å². The van der Waals surface area contributed by atoms with Gasteiger partial charge in [0.1, 0.15) is 0 Å². The first-order valence-corrected chi connectivity index (χ1v) is 6.07. The zero-order valence-corrected chi connectivity index (χ0v) is 7.83. The van der Waals surface area contributed by atoms with Gasteiger partial charge in [0.25, 0.3) is 10.1 Å². The standard InChI is InChI=1S/C2H6O3S.C2H6OS/c1-2-6(3,4)5;1-4(2)3/h2H2,1H3,(H,3,4,5);1-2H3. The molecule has 0 aliphatic carbocycles. The Bertz CT molecular complexity index is 177. The number of rotatable bonds is 1. The fraction of sp³-hybridized carbons (Fsp3) is 1.00. The van der Waals surface area contributed by atoms with Gasteiger partial charge in [0.05, 0.1) is 5.75 Å². The predicted octanol–water partition coefficient (Wildman–Crippen LogP) is -0.111. The smallest absolute Gasteiger partial charge is 0.264 e. The van der Waals surface area contributed by atoms with E-state index in [0.29, 0.717) is 0 Å². The van der Waals surface area contributed by atoms with E-state index in [1.165, 1.54) is 6.92 Å². The molecule has 0 aromatic carbocycles. The van der Waals surface area contributed by atoms with Gasteiger partial charge in [-0.1, -0.05) is 0 Å². The lowest BCUT2D eigenvalue weighted by Crippen LogP contribution is -1.97. The second-order valence-electron chi connectivity index (χ2n) is 1.61. The van der Waals surface area contributed by atoms with Crippen molar-refractivity contribution in [3.63, 3.8) is 0 Å². The molecule has 0 fully saturated rings. The van der Waals surface area contributed by atoms with Crippen LogP contribution in [0.1, 0.15) is 6.92 Å². The van der Waals surface area contributed by atoms with Crippen molar-refractivity contribution in [2.24, 2.45) is 0 Å². The molecule has 4 nitrogen and oxygen atoms in total. The molecule has 0 bridgehead atoms. The first kappa shape index (κ1) is 12.7. The normalized spacial score (nSPS) is 10.5. The molecule has 0 spiro atoms. The van der Waals surface area contributed by atoms with Crippen LogP contribution in [-0.4, -0.2) is 35.4 Å². The van der Waals surface area contributed by atoms with Gasteiger partial charge in [-0.2, -0.15) is 8.42 Å². The number of hydrogen-bond donors (Lipinski definition) is 1. The highest BCUT2D eigenvalue weighted by molar-refractivity contribution is 7.85. The van der Waals surface area contributed by atoms with E-state index in [1.807, 2.05) is 0 Å². The largest absolute Gasteiger partial charge is 0.286 e. The molecular weight excluding hydrogens is 176 g/mol. The minimum absolute atomic E-state index is 0.201. The first-order chi connectivity index (χ1) is 4.29. The summed E-state index contributed by atoms with van der Waals surface area (Å²) in [6.07, 6.45) is 3.28. The Morgan fingerprint density at radius 3 is 1.50 bits per heavy atom. The Morgan fingerprint density at radius 2 is 1.50 bits per heavy atom. The third-order valence-electron chi connectivity index (χ3n) is 0.365. The summed E-state index contributed by atoms with van der Waals surface area (Å²) in [5.74, 6) is -0.201. The van der Waals surface area contributed by atoms with Gasteiger partial charge in [-0.25, -0.2) is 0 Å². The molecule has 1 N–H and O–H groups in total. The van der Waals surface area contributed by atoms with Crippen molar-refractivity contribution >= 4 is 20.9 Å². The number of hydrogen-bond acceptors (Lipinski definition) is 3. The Morgan fingerprint density at radius 1 is 1.40 bits per heavy atom. The van der Waals surface area contributed by atoms with Crippen LogP contribution in [0.3, 0.4) is 0 Å². The van der Waals surface area contributed by atoms with Crippen LogP contribution >= 0.6 is 0 Å². The van der Waals surface area contributed by atoms with Crippen molar-refractivity contribution in [2.45, 2.75) is 6.92 Å². The van der Waals surface area contributed by atoms with Crippen LogP contribution < -0.4 is 0 Å². The van der Waals surface area contributed by atoms with Gasteiger partial charge in [-0.3, -0.25) is 8.76 Å². The monoisotopic (exact) mass is 188 g/mol. The van der Waals surface area contributed by atoms with Crippen LogP contribution in [0.4, 0.5) is 0 Å². The molecule has 0 saturated carbocycles. The average molecular weight is 188 g/mol. The Labute approximate surface area is 63.8 Å². The lowest BCUT2D eigenvalue weighted by molar-refractivity contribution is 0.484. The van der Waals surface area contributed by atoms with E-state index in [2.05, 4.69) is 0 Å². The SMILES string of the molecule is CCS(=O)(=O)O.CS(C)=O. The van der Waals surface area contributed by atoms with E-state index in [0.717, 1.165) is 0 Å². The van der Waals surface area contributed by atoms with Gasteiger partial charge in [-0.15, -0.1) is 0 Å². The molecule has 6 heteroatoms. The lowest BCUT2D eigenvalue weighted by Gasteiger charge is -1.79. The summed E-state index contributed by atoms with van der Waals surface area (Å²) in [6, 6.07) is 0. The van der Waals surface area contributed by atoms with Gasteiger partial charge in [-0.05, 0) is 6.92 Å². The predicted molar refractivity (Wildman–Crippen MR) is 42.1 cm³/mol. The fourth-order valence-corrected chi connectivity index (χ4v) is 0. The minimum atomic E-state index is -3.66. The van der Waals surface area contributed by atoms with Crippen LogP contribution in [0, 0.1) is 0 Å². The maximum absolute atomic E-state index is 9.56. The Balaban J connectivity index is 0. The molecule has 0 aromatic heterocycles. The van der Waals surface area contributed by atoms with Crippen molar-refractivity contribution < 1.29 is 17.2 Å². The van der Waals surface area contributed by atoms with Crippen LogP contribution in [0.2, 0.25) is 0 Å². The fourth-order valence-electron chi connectivity index (χ4n) is 0. The first-order valence-electron chi connectivity index (χ1n) is 2.49. The molecule has 10 heavy (non-hydrogen) atoms. The highest BCUT2D eigenvalue weighted by Crippen LogP contribution is 1.74. The second-order valence-corrected chi connectivity index (χ2v) is 4.84. The van der Waals surface area contributed by atoms with Crippen molar-refractivity contribution in [3.8, 4) is 0 Å². The molecule has 0 radical (unpaired) electrons. The quantitative estimate of drug-likeness (QED) is 0.583. The second kappa shape index (κ2) is 5.82. The Kier molecular flexibility index (Phi) is 7.39. The summed E-state index contributed by atoms with van der Waals surface area (Å²) in [5.41, 5.74) is 0. The van der Waals surface area contributed by atoms with Gasteiger partial charge in [0.2, 0.25) is 0 Å². The Hall–Kier alpha value is 0.0600. The van der Waals surface area contributed by atoms with E-state index in [4.69, 9.17) is 4.55 Å². The third-order valence-corrected chi connectivity index (χ3v) is 1.09. The van der Waals surface area contributed by atoms with E-state index >= 15 is 0 Å². The van der Waals surface area contributed by atoms with Gasteiger partial charge < -0.3 is 0 Å². The maximum atomic E-state index is 9.56. The zero-order valence-electron chi connectivity index (χ0n) is 6.20. The molecule has 64 valence electrons. The molecule has 0 aliphatic rings. The molecule has 0 heterocycles. The lowest BCUT2D eigenvalue weighted by atomic mass is 11.0. The highest BCUT2D eigenvalue weighted by atomic mass is 32.2. The summed E-state index contributed by atoms with van der Waals surface area (Å²) >= 11 is 0. The van der Waals surface area contributed by atoms with Crippen molar-refractivity contribution in [1.29, 1.82) is 0 Å². The maximum Gasteiger partial charge on any atom is 0.264 e. The van der Waals surface area contributed by atoms with Crippen molar-refractivity contribution in [3.05, 3.63) is 0 Å². The van der Waals surface area contributed by atoms with E-state index in [1.54, 1.807) is 12.5 Å². The van der Waals surface area contributed by atoms with Crippen LogP contribution in [0.5, 0.6) is 0 Å². The van der Waals surface area contributed by atoms with Gasteiger partial charge in [0, 0.05) is 23.3 Å².